The summed E-state index contributed by atoms with van der Waals surface area (Å²) in [5.74, 6) is -2.75. The molecule has 3 heterocycles. The SMILES string of the molecule is CC1CN(C[C@H](N)CC(=O)N2CCc3c(nc(C(F)(F)F)nc3C(F)(F)F)C2)C(=O)CO1. The van der Waals surface area contributed by atoms with Gasteiger partial charge in [-0.1, -0.05) is 0 Å². The van der Waals surface area contributed by atoms with Crippen LogP contribution in [0.3, 0.4) is 0 Å². The van der Waals surface area contributed by atoms with Crippen molar-refractivity contribution in [2.75, 3.05) is 26.2 Å². The molecule has 1 saturated heterocycles. The summed E-state index contributed by atoms with van der Waals surface area (Å²) in [6.45, 7) is 1.37. The van der Waals surface area contributed by atoms with E-state index >= 15 is 0 Å². The van der Waals surface area contributed by atoms with Crippen LogP contribution in [0.15, 0.2) is 0 Å². The number of nitrogens with zero attached hydrogens (tertiary/aromatic N) is 4. The quantitative estimate of drug-likeness (QED) is 0.669. The highest BCUT2D eigenvalue weighted by atomic mass is 19.4. The van der Waals surface area contributed by atoms with Crippen LogP contribution in [0.25, 0.3) is 0 Å². The number of nitrogens with two attached hydrogens (primary N) is 1. The van der Waals surface area contributed by atoms with E-state index in [0.717, 1.165) is 4.90 Å². The Kier molecular flexibility index (Phi) is 6.65. The van der Waals surface area contributed by atoms with E-state index in [0.29, 0.717) is 6.54 Å². The van der Waals surface area contributed by atoms with E-state index in [1.54, 1.807) is 6.92 Å². The first kappa shape index (κ1) is 24.2. The van der Waals surface area contributed by atoms with Crippen molar-refractivity contribution < 1.29 is 40.7 Å². The summed E-state index contributed by atoms with van der Waals surface area (Å²) < 4.78 is 84.0. The molecule has 1 aromatic rings. The fourth-order valence-corrected chi connectivity index (χ4v) is 3.65. The molecule has 0 aromatic carbocycles. The number of halogens is 6. The molecule has 1 aromatic heterocycles. The van der Waals surface area contributed by atoms with Crippen LogP contribution in [-0.4, -0.2) is 70.0 Å². The minimum atomic E-state index is -5.18. The van der Waals surface area contributed by atoms with Gasteiger partial charge in [0.15, 0.2) is 5.69 Å². The average molecular weight is 469 g/mol. The Balaban J connectivity index is 1.72. The molecule has 0 aliphatic carbocycles. The molecule has 8 nitrogen and oxygen atoms in total. The summed E-state index contributed by atoms with van der Waals surface area (Å²) in [5, 5.41) is 0. The van der Waals surface area contributed by atoms with E-state index in [1.165, 1.54) is 4.90 Å². The normalized spacial score (nSPS) is 20.9. The molecule has 0 spiro atoms. The summed E-state index contributed by atoms with van der Waals surface area (Å²) in [7, 11) is 0. The molecule has 0 bridgehead atoms. The molecule has 14 heteroatoms. The number of rotatable bonds is 4. The van der Waals surface area contributed by atoms with Crippen molar-refractivity contribution in [2.45, 2.75) is 50.8 Å². The molecular formula is C18H21F6N5O3. The highest BCUT2D eigenvalue weighted by Crippen LogP contribution is 2.36. The fraction of sp³-hybridized carbons (Fsp3) is 0.667. The predicted molar refractivity (Wildman–Crippen MR) is 95.7 cm³/mol. The van der Waals surface area contributed by atoms with Crippen LogP contribution in [0.2, 0.25) is 0 Å². The number of hydrogen-bond acceptors (Lipinski definition) is 6. The van der Waals surface area contributed by atoms with E-state index < -0.39 is 53.6 Å². The highest BCUT2D eigenvalue weighted by Gasteiger charge is 2.43. The van der Waals surface area contributed by atoms with Crippen LogP contribution in [0.5, 0.6) is 0 Å². The second kappa shape index (κ2) is 8.81. The number of morpholine rings is 1. The van der Waals surface area contributed by atoms with Gasteiger partial charge in [0.1, 0.15) is 6.61 Å². The summed E-state index contributed by atoms with van der Waals surface area (Å²) in [4.78, 5) is 33.0. The van der Waals surface area contributed by atoms with Crippen molar-refractivity contribution in [1.82, 2.24) is 19.8 Å². The minimum absolute atomic E-state index is 0.0707. The minimum Gasteiger partial charge on any atom is -0.367 e. The maximum Gasteiger partial charge on any atom is 0.451 e. The predicted octanol–water partition coefficient (Wildman–Crippen LogP) is 1.36. The molecule has 178 valence electrons. The monoisotopic (exact) mass is 469 g/mol. The van der Waals surface area contributed by atoms with Crippen molar-refractivity contribution in [3.05, 3.63) is 22.8 Å². The second-order valence-electron chi connectivity index (χ2n) is 7.77. The topological polar surface area (TPSA) is 102 Å². The van der Waals surface area contributed by atoms with E-state index in [2.05, 4.69) is 9.97 Å². The number of amides is 2. The summed E-state index contributed by atoms with van der Waals surface area (Å²) in [6.07, 6.45) is -11.0. The lowest BCUT2D eigenvalue weighted by molar-refractivity contribution is -0.153. The Labute approximate surface area is 178 Å². The fourth-order valence-electron chi connectivity index (χ4n) is 3.65. The molecule has 2 atom stereocenters. The van der Waals surface area contributed by atoms with Crippen LogP contribution >= 0.6 is 0 Å². The molecular weight excluding hydrogens is 448 g/mol. The third-order valence-corrected chi connectivity index (χ3v) is 5.15. The van der Waals surface area contributed by atoms with Crippen LogP contribution in [-0.2, 0) is 39.6 Å². The van der Waals surface area contributed by atoms with Crippen molar-refractivity contribution in [3.8, 4) is 0 Å². The summed E-state index contributed by atoms with van der Waals surface area (Å²) in [6, 6.07) is -0.764. The highest BCUT2D eigenvalue weighted by molar-refractivity contribution is 5.79. The number of carbonyl (C=O) groups excluding carboxylic acids is 2. The van der Waals surface area contributed by atoms with Crippen molar-refractivity contribution >= 4 is 11.8 Å². The first-order chi connectivity index (χ1) is 14.8. The molecule has 2 aliphatic heterocycles. The van der Waals surface area contributed by atoms with Crippen LogP contribution in [0.4, 0.5) is 26.3 Å². The standard InChI is InChI=1S/C18H21F6N5O3/c1-9-5-29(14(31)8-32-9)6-10(25)4-13(30)28-3-2-11-12(7-28)26-16(18(22,23)24)27-15(11)17(19,20)21/h9-10H,2-8,25H2,1H3/t9?,10-/m1/s1. The Bertz CT molecular complexity index is 891. The van der Waals surface area contributed by atoms with E-state index in [9.17, 15) is 35.9 Å². The van der Waals surface area contributed by atoms with Crippen molar-refractivity contribution in [1.29, 1.82) is 0 Å². The maximum atomic E-state index is 13.3. The second-order valence-corrected chi connectivity index (χ2v) is 7.77. The van der Waals surface area contributed by atoms with Gasteiger partial charge in [-0.2, -0.15) is 26.3 Å². The van der Waals surface area contributed by atoms with Gasteiger partial charge >= 0.3 is 12.4 Å². The smallest absolute Gasteiger partial charge is 0.367 e. The number of ether oxygens (including phenoxy) is 1. The molecule has 0 saturated carbocycles. The molecule has 2 N–H and O–H groups in total. The van der Waals surface area contributed by atoms with Gasteiger partial charge in [0.25, 0.3) is 0 Å². The van der Waals surface area contributed by atoms with Gasteiger partial charge < -0.3 is 20.3 Å². The molecule has 0 radical (unpaired) electrons. The van der Waals surface area contributed by atoms with E-state index in [4.69, 9.17) is 10.5 Å². The summed E-state index contributed by atoms with van der Waals surface area (Å²) >= 11 is 0. The molecule has 3 rings (SSSR count). The Morgan fingerprint density at radius 2 is 1.91 bits per heavy atom. The number of alkyl halides is 6. The lowest BCUT2D eigenvalue weighted by atomic mass is 10.0. The molecule has 2 amide bonds. The van der Waals surface area contributed by atoms with Crippen LogP contribution < -0.4 is 5.73 Å². The van der Waals surface area contributed by atoms with Gasteiger partial charge in [0.05, 0.1) is 18.3 Å². The third-order valence-electron chi connectivity index (χ3n) is 5.15. The largest absolute Gasteiger partial charge is 0.451 e. The molecule has 1 unspecified atom stereocenters. The summed E-state index contributed by atoms with van der Waals surface area (Å²) in [5.41, 5.74) is 3.38. The van der Waals surface area contributed by atoms with Gasteiger partial charge in [0, 0.05) is 37.7 Å². The zero-order valence-corrected chi connectivity index (χ0v) is 17.0. The average Bonchev–Trinajstić information content (AvgIpc) is 2.67. The zero-order chi connectivity index (χ0) is 23.8. The van der Waals surface area contributed by atoms with Gasteiger partial charge in [-0.05, 0) is 13.3 Å². The maximum absolute atomic E-state index is 13.3. The van der Waals surface area contributed by atoms with Gasteiger partial charge in [-0.3, -0.25) is 9.59 Å². The van der Waals surface area contributed by atoms with E-state index in [-0.39, 0.29) is 44.5 Å². The lowest BCUT2D eigenvalue weighted by Crippen LogP contribution is -2.51. The number of hydrogen-bond donors (Lipinski definition) is 1. The first-order valence-corrected chi connectivity index (χ1v) is 9.72. The number of fused-ring (bicyclic) bond motifs is 1. The Morgan fingerprint density at radius 1 is 1.22 bits per heavy atom. The van der Waals surface area contributed by atoms with Gasteiger partial charge in [-0.25, -0.2) is 9.97 Å². The number of aromatic nitrogens is 2. The number of carbonyl (C=O) groups is 2. The first-order valence-electron chi connectivity index (χ1n) is 9.72. The molecule has 32 heavy (non-hydrogen) atoms. The van der Waals surface area contributed by atoms with Crippen molar-refractivity contribution in [3.63, 3.8) is 0 Å². The third kappa shape index (κ3) is 5.46. The Hall–Kier alpha value is -2.48. The van der Waals surface area contributed by atoms with E-state index in [1.807, 2.05) is 0 Å². The zero-order valence-electron chi connectivity index (χ0n) is 17.0. The van der Waals surface area contributed by atoms with Crippen molar-refractivity contribution in [2.24, 2.45) is 5.73 Å². The van der Waals surface area contributed by atoms with Gasteiger partial charge in [-0.15, -0.1) is 0 Å². The Morgan fingerprint density at radius 3 is 2.53 bits per heavy atom. The lowest BCUT2D eigenvalue weighted by Gasteiger charge is -2.34. The van der Waals surface area contributed by atoms with Crippen LogP contribution in [0.1, 0.15) is 36.1 Å². The molecule has 2 aliphatic rings. The van der Waals surface area contributed by atoms with Crippen LogP contribution in [0, 0.1) is 0 Å². The molecule has 1 fully saturated rings. The van der Waals surface area contributed by atoms with Gasteiger partial charge in [0.2, 0.25) is 17.6 Å².